The molecule has 0 amide bonds. The number of likely N-dealkylation sites (N-methyl/N-ethyl adjacent to an activating group) is 1. The molecule has 1 rings (SSSR count). The minimum absolute atomic E-state index is 0.0562. The first kappa shape index (κ1) is 15.6. The van der Waals surface area contributed by atoms with E-state index in [4.69, 9.17) is 5.73 Å². The van der Waals surface area contributed by atoms with Crippen LogP contribution >= 0.6 is 15.9 Å². The minimum atomic E-state index is -0.184. The Bertz CT molecular complexity index is 371. The van der Waals surface area contributed by atoms with Crippen molar-refractivity contribution in [3.05, 3.63) is 34.1 Å². The Hall–Kier alpha value is -0.450. The maximum Gasteiger partial charge on any atom is 0.128 e. The molecule has 0 spiro atoms. The largest absolute Gasteiger partial charge is 0.329 e. The summed E-state index contributed by atoms with van der Waals surface area (Å²) in [6.07, 6.45) is 3.51. The molecule has 1 aromatic rings. The van der Waals surface area contributed by atoms with Crippen LogP contribution in [0.1, 0.15) is 37.8 Å². The molecule has 0 aliphatic heterocycles. The van der Waals surface area contributed by atoms with Crippen molar-refractivity contribution in [2.45, 2.75) is 32.2 Å². The number of rotatable bonds is 7. The Labute approximate surface area is 117 Å². The summed E-state index contributed by atoms with van der Waals surface area (Å²) in [5.74, 6) is -0.184. The van der Waals surface area contributed by atoms with Gasteiger partial charge >= 0.3 is 0 Å². The average Bonchev–Trinajstić information content (AvgIpc) is 2.35. The molecule has 2 nitrogen and oxygen atoms in total. The summed E-state index contributed by atoms with van der Waals surface area (Å²) in [6, 6.07) is 4.97. The zero-order valence-corrected chi connectivity index (χ0v) is 12.7. The Kier molecular flexibility index (Phi) is 6.82. The lowest BCUT2D eigenvalue weighted by molar-refractivity contribution is 0.240. The number of unbranched alkanes of at least 4 members (excludes halogenated alkanes) is 2. The summed E-state index contributed by atoms with van der Waals surface area (Å²) in [6.45, 7) is 3.55. The van der Waals surface area contributed by atoms with Crippen LogP contribution in [0.25, 0.3) is 0 Å². The number of halogens is 2. The molecule has 102 valence electrons. The number of nitrogens with two attached hydrogens (primary N) is 1. The fraction of sp³-hybridized carbons (Fsp3) is 0.571. The third-order valence-electron chi connectivity index (χ3n) is 3.19. The first-order valence-electron chi connectivity index (χ1n) is 6.45. The van der Waals surface area contributed by atoms with Crippen molar-refractivity contribution in [1.82, 2.24) is 4.90 Å². The van der Waals surface area contributed by atoms with Crippen molar-refractivity contribution in [3.63, 3.8) is 0 Å². The second kappa shape index (κ2) is 7.87. The number of hydrogen-bond acceptors (Lipinski definition) is 2. The predicted octanol–water partition coefficient (Wildman–Crippen LogP) is 3.71. The van der Waals surface area contributed by atoms with Crippen LogP contribution in [-0.4, -0.2) is 25.0 Å². The van der Waals surface area contributed by atoms with Crippen LogP contribution in [0.2, 0.25) is 0 Å². The van der Waals surface area contributed by atoms with Crippen LogP contribution in [0.3, 0.4) is 0 Å². The summed E-state index contributed by atoms with van der Waals surface area (Å²) in [5.41, 5.74) is 6.48. The van der Waals surface area contributed by atoms with E-state index in [0.717, 1.165) is 17.4 Å². The normalized spacial score (nSPS) is 13.0. The average molecular weight is 317 g/mol. The second-order valence-electron chi connectivity index (χ2n) is 4.61. The predicted molar refractivity (Wildman–Crippen MR) is 78.1 cm³/mol. The molecule has 0 radical (unpaired) electrons. The molecule has 1 unspecified atom stereocenters. The van der Waals surface area contributed by atoms with Gasteiger partial charge in [0.05, 0.1) is 0 Å². The van der Waals surface area contributed by atoms with Crippen molar-refractivity contribution in [3.8, 4) is 0 Å². The van der Waals surface area contributed by atoms with Crippen LogP contribution in [0.5, 0.6) is 0 Å². The third-order valence-corrected chi connectivity index (χ3v) is 3.68. The van der Waals surface area contributed by atoms with Gasteiger partial charge in [0.25, 0.3) is 0 Å². The zero-order chi connectivity index (χ0) is 13.5. The van der Waals surface area contributed by atoms with Gasteiger partial charge in [-0.15, -0.1) is 0 Å². The molecule has 18 heavy (non-hydrogen) atoms. The van der Waals surface area contributed by atoms with Gasteiger partial charge in [0.15, 0.2) is 0 Å². The number of benzene rings is 1. The molecule has 0 aromatic heterocycles. The summed E-state index contributed by atoms with van der Waals surface area (Å²) < 4.78 is 14.7. The summed E-state index contributed by atoms with van der Waals surface area (Å²) in [5, 5.41) is 0. The van der Waals surface area contributed by atoms with Crippen LogP contribution in [0.15, 0.2) is 22.7 Å². The van der Waals surface area contributed by atoms with Gasteiger partial charge in [0, 0.05) is 22.6 Å². The van der Waals surface area contributed by atoms with Crippen molar-refractivity contribution in [2.75, 3.05) is 20.1 Å². The Morgan fingerprint density at radius 1 is 1.39 bits per heavy atom. The van der Waals surface area contributed by atoms with Gasteiger partial charge in [-0.25, -0.2) is 4.39 Å². The van der Waals surface area contributed by atoms with Crippen molar-refractivity contribution >= 4 is 15.9 Å². The highest BCUT2D eigenvalue weighted by Crippen LogP contribution is 2.25. The summed E-state index contributed by atoms with van der Waals surface area (Å²) >= 11 is 3.38. The topological polar surface area (TPSA) is 29.3 Å². The summed E-state index contributed by atoms with van der Waals surface area (Å²) in [4.78, 5) is 2.14. The fourth-order valence-electron chi connectivity index (χ4n) is 2.08. The molecule has 1 aromatic carbocycles. The van der Waals surface area contributed by atoms with Gasteiger partial charge in [-0.2, -0.15) is 0 Å². The maximum atomic E-state index is 13.9. The molecular formula is C14H22BrFN2. The van der Waals surface area contributed by atoms with E-state index in [1.54, 1.807) is 6.07 Å². The highest BCUT2D eigenvalue weighted by molar-refractivity contribution is 9.10. The molecule has 0 bridgehead atoms. The zero-order valence-electron chi connectivity index (χ0n) is 11.1. The minimum Gasteiger partial charge on any atom is -0.329 e. The number of nitrogens with zero attached hydrogens (tertiary/aromatic N) is 1. The number of hydrogen-bond donors (Lipinski definition) is 1. The molecule has 2 N–H and O–H groups in total. The fourth-order valence-corrected chi connectivity index (χ4v) is 2.46. The molecule has 0 aliphatic rings. The van der Waals surface area contributed by atoms with Crippen molar-refractivity contribution < 1.29 is 4.39 Å². The first-order valence-corrected chi connectivity index (χ1v) is 7.24. The Morgan fingerprint density at radius 2 is 2.11 bits per heavy atom. The molecule has 0 heterocycles. The molecule has 4 heteroatoms. The van der Waals surface area contributed by atoms with E-state index < -0.39 is 0 Å². The summed E-state index contributed by atoms with van der Waals surface area (Å²) in [7, 11) is 2.01. The second-order valence-corrected chi connectivity index (χ2v) is 5.52. The molecule has 0 aliphatic carbocycles. The highest BCUT2D eigenvalue weighted by Gasteiger charge is 2.18. The monoisotopic (exact) mass is 316 g/mol. The molecule has 1 atom stereocenters. The van der Waals surface area contributed by atoms with E-state index in [-0.39, 0.29) is 11.9 Å². The van der Waals surface area contributed by atoms with E-state index in [9.17, 15) is 4.39 Å². The van der Waals surface area contributed by atoms with E-state index in [2.05, 4.69) is 27.8 Å². The SMILES string of the molecule is CCCCCN(C)C(CN)c1cc(Br)ccc1F. The van der Waals surface area contributed by atoms with Crippen molar-refractivity contribution in [2.24, 2.45) is 5.73 Å². The van der Waals surface area contributed by atoms with Crippen molar-refractivity contribution in [1.29, 1.82) is 0 Å². The third kappa shape index (κ3) is 4.34. The highest BCUT2D eigenvalue weighted by atomic mass is 79.9. The van der Waals surface area contributed by atoms with E-state index in [1.165, 1.54) is 18.9 Å². The van der Waals surface area contributed by atoms with E-state index >= 15 is 0 Å². The molecule has 0 fully saturated rings. The van der Waals surface area contributed by atoms with Gasteiger partial charge in [-0.3, -0.25) is 4.90 Å². The van der Waals surface area contributed by atoms with Crippen LogP contribution in [0, 0.1) is 5.82 Å². The van der Waals surface area contributed by atoms with Gasteiger partial charge in [-0.1, -0.05) is 35.7 Å². The standard InChI is InChI=1S/C14H22BrFN2/c1-3-4-5-8-18(2)14(10-17)12-9-11(15)6-7-13(12)16/h6-7,9,14H,3-5,8,10,17H2,1-2H3. The van der Waals surface area contributed by atoms with E-state index in [1.807, 2.05) is 13.1 Å². The Morgan fingerprint density at radius 3 is 2.72 bits per heavy atom. The van der Waals surface area contributed by atoms with Crippen LogP contribution < -0.4 is 5.73 Å². The Balaban J connectivity index is 2.78. The van der Waals surface area contributed by atoms with Gasteiger partial charge in [0.1, 0.15) is 5.82 Å². The lowest BCUT2D eigenvalue weighted by atomic mass is 10.0. The van der Waals surface area contributed by atoms with Crippen LogP contribution in [-0.2, 0) is 0 Å². The first-order chi connectivity index (χ1) is 8.60. The van der Waals surface area contributed by atoms with Gasteiger partial charge in [-0.05, 0) is 38.2 Å². The van der Waals surface area contributed by atoms with Crippen LogP contribution in [0.4, 0.5) is 4.39 Å². The van der Waals surface area contributed by atoms with E-state index in [0.29, 0.717) is 12.1 Å². The maximum absolute atomic E-state index is 13.9. The lowest BCUT2D eigenvalue weighted by Gasteiger charge is -2.27. The molecular weight excluding hydrogens is 295 g/mol. The molecule has 0 saturated heterocycles. The van der Waals surface area contributed by atoms with Gasteiger partial charge in [0.2, 0.25) is 0 Å². The molecule has 0 saturated carbocycles. The lowest BCUT2D eigenvalue weighted by Crippen LogP contribution is -2.32. The quantitative estimate of drug-likeness (QED) is 0.777. The smallest absolute Gasteiger partial charge is 0.128 e. The van der Waals surface area contributed by atoms with Gasteiger partial charge < -0.3 is 5.73 Å².